The average Bonchev–Trinajstić information content (AvgIpc) is 2.51. The summed E-state index contributed by atoms with van der Waals surface area (Å²) < 4.78 is 26.6. The zero-order valence-electron chi connectivity index (χ0n) is 13.7. The minimum absolute atomic E-state index is 0.305. The van der Waals surface area contributed by atoms with Gasteiger partial charge in [0.15, 0.2) is 0 Å². The van der Waals surface area contributed by atoms with E-state index >= 15 is 0 Å². The molecule has 2 rings (SSSR count). The van der Waals surface area contributed by atoms with E-state index in [1.165, 1.54) is 6.07 Å². The summed E-state index contributed by atoms with van der Waals surface area (Å²) in [5, 5.41) is 3.16. The lowest BCUT2D eigenvalue weighted by atomic mass is 10.2. The third kappa shape index (κ3) is 5.20. The van der Waals surface area contributed by atoms with Crippen molar-refractivity contribution in [3.05, 3.63) is 58.0 Å². The van der Waals surface area contributed by atoms with Crippen LogP contribution in [-0.2, 0) is 14.8 Å². The Balaban J connectivity index is 2.38. The van der Waals surface area contributed by atoms with Gasteiger partial charge in [0.2, 0.25) is 15.9 Å². The van der Waals surface area contributed by atoms with Crippen molar-refractivity contribution < 1.29 is 13.2 Å². The van der Waals surface area contributed by atoms with Crippen molar-refractivity contribution in [3.63, 3.8) is 0 Å². The number of sulfonamides is 1. The second kappa shape index (κ2) is 8.21. The zero-order valence-corrected chi connectivity index (χ0v) is 16.9. The highest BCUT2D eigenvalue weighted by atomic mass is 79.9. The molecule has 0 aliphatic rings. The Kier molecular flexibility index (Phi) is 6.48. The van der Waals surface area contributed by atoms with Crippen LogP contribution in [0.25, 0.3) is 0 Å². The number of anilines is 2. The molecule has 0 radical (unpaired) electrons. The number of benzene rings is 2. The fraction of sp³-hybridized carbons (Fsp3) is 0.235. The van der Waals surface area contributed by atoms with Crippen molar-refractivity contribution in [1.82, 2.24) is 0 Å². The standard InChI is InChI=1S/C17H18BrClN2O3S/c1-3-16(17(22)20-14-8-4-6-12(18)10-14)21(25(2,23)24)15-9-5-7-13(19)11-15/h4-11,16H,3H2,1-2H3,(H,20,22). The largest absolute Gasteiger partial charge is 0.324 e. The predicted octanol–water partition coefficient (Wildman–Crippen LogP) is 4.29. The Morgan fingerprint density at radius 3 is 2.48 bits per heavy atom. The molecule has 2 aromatic carbocycles. The molecule has 1 N–H and O–H groups in total. The Morgan fingerprint density at radius 1 is 1.24 bits per heavy atom. The number of carbonyl (C=O) groups is 1. The highest BCUT2D eigenvalue weighted by Crippen LogP contribution is 2.26. The van der Waals surface area contributed by atoms with Gasteiger partial charge in [0.1, 0.15) is 6.04 Å². The van der Waals surface area contributed by atoms with Crippen LogP contribution in [0.15, 0.2) is 53.0 Å². The summed E-state index contributed by atoms with van der Waals surface area (Å²) in [6.07, 6.45) is 1.38. The molecule has 0 fully saturated rings. The van der Waals surface area contributed by atoms with E-state index in [0.29, 0.717) is 22.8 Å². The van der Waals surface area contributed by atoms with Crippen LogP contribution in [-0.4, -0.2) is 26.6 Å². The van der Waals surface area contributed by atoms with Gasteiger partial charge in [0.25, 0.3) is 0 Å². The Morgan fingerprint density at radius 2 is 1.92 bits per heavy atom. The second-order valence-electron chi connectivity index (χ2n) is 5.46. The van der Waals surface area contributed by atoms with Crippen molar-refractivity contribution in [2.75, 3.05) is 15.9 Å². The molecule has 134 valence electrons. The first kappa shape index (κ1) is 19.8. The summed E-state index contributed by atoms with van der Waals surface area (Å²) in [5.41, 5.74) is 0.934. The lowest BCUT2D eigenvalue weighted by molar-refractivity contribution is -0.117. The summed E-state index contributed by atoms with van der Waals surface area (Å²) in [4.78, 5) is 12.7. The Hall–Kier alpha value is -1.57. The van der Waals surface area contributed by atoms with Gasteiger partial charge in [0, 0.05) is 15.2 Å². The van der Waals surface area contributed by atoms with E-state index in [2.05, 4.69) is 21.2 Å². The first-order valence-electron chi connectivity index (χ1n) is 7.53. The molecule has 5 nitrogen and oxygen atoms in total. The topological polar surface area (TPSA) is 66.5 Å². The van der Waals surface area contributed by atoms with Gasteiger partial charge in [-0.2, -0.15) is 0 Å². The number of amides is 1. The van der Waals surface area contributed by atoms with E-state index in [4.69, 9.17) is 11.6 Å². The molecule has 25 heavy (non-hydrogen) atoms. The lowest BCUT2D eigenvalue weighted by Gasteiger charge is -2.30. The van der Waals surface area contributed by atoms with E-state index < -0.39 is 22.0 Å². The smallest absolute Gasteiger partial charge is 0.248 e. The maximum Gasteiger partial charge on any atom is 0.248 e. The summed E-state index contributed by atoms with van der Waals surface area (Å²) in [5.74, 6) is -0.411. The van der Waals surface area contributed by atoms with Crippen molar-refractivity contribution >= 4 is 54.8 Å². The molecule has 1 amide bonds. The fourth-order valence-corrected chi connectivity index (χ4v) is 4.25. The van der Waals surface area contributed by atoms with Crippen LogP contribution in [0.1, 0.15) is 13.3 Å². The minimum atomic E-state index is -3.69. The van der Waals surface area contributed by atoms with Gasteiger partial charge in [-0.15, -0.1) is 0 Å². The van der Waals surface area contributed by atoms with Gasteiger partial charge < -0.3 is 5.32 Å². The number of rotatable bonds is 6. The molecule has 0 saturated carbocycles. The molecule has 0 heterocycles. The molecule has 1 atom stereocenters. The first-order valence-corrected chi connectivity index (χ1v) is 10.6. The molecule has 1 unspecified atom stereocenters. The van der Waals surface area contributed by atoms with Crippen LogP contribution in [0, 0.1) is 0 Å². The lowest BCUT2D eigenvalue weighted by Crippen LogP contribution is -2.47. The minimum Gasteiger partial charge on any atom is -0.324 e. The van der Waals surface area contributed by atoms with Crippen LogP contribution in [0.2, 0.25) is 5.02 Å². The zero-order chi connectivity index (χ0) is 18.6. The molecule has 0 spiro atoms. The second-order valence-corrected chi connectivity index (χ2v) is 8.67. The highest BCUT2D eigenvalue weighted by molar-refractivity contribution is 9.10. The average molecular weight is 446 g/mol. The SMILES string of the molecule is CCC(C(=O)Nc1cccc(Br)c1)N(c1cccc(Cl)c1)S(C)(=O)=O. The number of hydrogen-bond donors (Lipinski definition) is 1. The van der Waals surface area contributed by atoms with E-state index in [9.17, 15) is 13.2 Å². The molecule has 0 aliphatic heterocycles. The van der Waals surface area contributed by atoms with Gasteiger partial charge >= 0.3 is 0 Å². The van der Waals surface area contributed by atoms with Gasteiger partial charge in [-0.05, 0) is 42.8 Å². The molecule has 0 saturated heterocycles. The summed E-state index contributed by atoms with van der Waals surface area (Å²) in [6.45, 7) is 1.76. The van der Waals surface area contributed by atoms with Gasteiger partial charge in [-0.3, -0.25) is 9.10 Å². The van der Waals surface area contributed by atoms with E-state index in [0.717, 1.165) is 15.0 Å². The number of nitrogens with zero attached hydrogens (tertiary/aromatic N) is 1. The number of carbonyl (C=O) groups excluding carboxylic acids is 1. The van der Waals surface area contributed by atoms with Crippen LogP contribution in [0.3, 0.4) is 0 Å². The van der Waals surface area contributed by atoms with Crippen molar-refractivity contribution in [3.8, 4) is 0 Å². The fourth-order valence-electron chi connectivity index (χ4n) is 2.47. The number of halogens is 2. The Labute approximate surface area is 161 Å². The third-order valence-electron chi connectivity index (χ3n) is 3.48. The molecular weight excluding hydrogens is 428 g/mol. The van der Waals surface area contributed by atoms with Crippen LogP contribution >= 0.6 is 27.5 Å². The van der Waals surface area contributed by atoms with Gasteiger partial charge in [-0.25, -0.2) is 8.42 Å². The van der Waals surface area contributed by atoms with Crippen molar-refractivity contribution in [1.29, 1.82) is 0 Å². The Bertz CT molecular complexity index is 874. The molecule has 2 aromatic rings. The van der Waals surface area contributed by atoms with Crippen LogP contribution in [0.4, 0.5) is 11.4 Å². The summed E-state index contributed by atoms with van der Waals surface area (Å²) in [6, 6.07) is 12.6. The van der Waals surface area contributed by atoms with E-state index in [-0.39, 0.29) is 0 Å². The highest BCUT2D eigenvalue weighted by Gasteiger charge is 2.31. The molecule has 0 bridgehead atoms. The molecule has 0 aliphatic carbocycles. The van der Waals surface area contributed by atoms with Gasteiger partial charge in [0.05, 0.1) is 11.9 Å². The molecular formula is C17H18BrClN2O3S. The van der Waals surface area contributed by atoms with E-state index in [1.54, 1.807) is 43.3 Å². The van der Waals surface area contributed by atoms with Crippen molar-refractivity contribution in [2.24, 2.45) is 0 Å². The number of hydrogen-bond acceptors (Lipinski definition) is 3. The van der Waals surface area contributed by atoms with Crippen molar-refractivity contribution in [2.45, 2.75) is 19.4 Å². The maximum absolute atomic E-state index is 12.7. The predicted molar refractivity (Wildman–Crippen MR) is 106 cm³/mol. The first-order chi connectivity index (χ1) is 11.7. The monoisotopic (exact) mass is 444 g/mol. The van der Waals surface area contributed by atoms with E-state index in [1.807, 2.05) is 6.07 Å². The normalized spacial score (nSPS) is 12.5. The maximum atomic E-state index is 12.7. The summed E-state index contributed by atoms with van der Waals surface area (Å²) >= 11 is 9.33. The summed E-state index contributed by atoms with van der Waals surface area (Å²) in [7, 11) is -3.69. The quantitative estimate of drug-likeness (QED) is 0.721. The third-order valence-corrected chi connectivity index (χ3v) is 5.39. The molecule has 0 aromatic heterocycles. The van der Waals surface area contributed by atoms with Crippen LogP contribution in [0.5, 0.6) is 0 Å². The van der Waals surface area contributed by atoms with Crippen LogP contribution < -0.4 is 9.62 Å². The molecule has 8 heteroatoms. The van der Waals surface area contributed by atoms with Gasteiger partial charge in [-0.1, -0.05) is 46.6 Å². The number of nitrogens with one attached hydrogen (secondary N) is 1.